The lowest BCUT2D eigenvalue weighted by Crippen LogP contribution is -2.31. The lowest BCUT2D eigenvalue weighted by Gasteiger charge is -2.25. The molecule has 0 saturated carbocycles. The molecule has 0 amide bonds. The van der Waals surface area contributed by atoms with E-state index in [1.54, 1.807) is 0 Å². The van der Waals surface area contributed by atoms with Crippen LogP contribution >= 0.6 is 27.5 Å². The SMILES string of the molecule is CCC(N)C(Oc1ccc(Cl)cc1)c1ccccc1Br. The maximum absolute atomic E-state index is 6.22. The van der Waals surface area contributed by atoms with Crippen LogP contribution in [0.1, 0.15) is 25.0 Å². The van der Waals surface area contributed by atoms with Gasteiger partial charge in [-0.2, -0.15) is 0 Å². The van der Waals surface area contributed by atoms with Gasteiger partial charge in [0.05, 0.1) is 0 Å². The molecule has 0 aliphatic heterocycles. The fourth-order valence-electron chi connectivity index (χ4n) is 1.96. The summed E-state index contributed by atoms with van der Waals surface area (Å²) in [6.45, 7) is 2.06. The highest BCUT2D eigenvalue weighted by atomic mass is 79.9. The Hall–Kier alpha value is -1.03. The summed E-state index contributed by atoms with van der Waals surface area (Å²) in [7, 11) is 0. The Morgan fingerprint density at radius 3 is 2.40 bits per heavy atom. The summed E-state index contributed by atoms with van der Waals surface area (Å²) in [4.78, 5) is 0. The van der Waals surface area contributed by atoms with Crippen LogP contribution in [-0.4, -0.2) is 6.04 Å². The van der Waals surface area contributed by atoms with Crippen molar-refractivity contribution in [3.8, 4) is 5.75 Å². The summed E-state index contributed by atoms with van der Waals surface area (Å²) >= 11 is 9.46. The first kappa shape index (κ1) is 15.4. The third-order valence-electron chi connectivity index (χ3n) is 3.15. The van der Waals surface area contributed by atoms with E-state index in [0.29, 0.717) is 5.02 Å². The molecule has 2 aromatic rings. The first-order valence-electron chi connectivity index (χ1n) is 6.54. The molecule has 2 aromatic carbocycles. The molecule has 0 aliphatic rings. The lowest BCUT2D eigenvalue weighted by atomic mass is 10.0. The van der Waals surface area contributed by atoms with Crippen LogP contribution in [0.4, 0.5) is 0 Å². The Kier molecular flexibility index (Phi) is 5.46. The summed E-state index contributed by atoms with van der Waals surface area (Å²) in [5.41, 5.74) is 7.28. The molecule has 2 N–H and O–H groups in total. The number of hydrogen-bond acceptors (Lipinski definition) is 2. The van der Waals surface area contributed by atoms with Gasteiger partial charge in [-0.25, -0.2) is 0 Å². The normalized spacial score (nSPS) is 13.8. The molecule has 0 fully saturated rings. The maximum atomic E-state index is 6.22. The van der Waals surface area contributed by atoms with Crippen molar-refractivity contribution >= 4 is 27.5 Å². The van der Waals surface area contributed by atoms with E-state index in [1.165, 1.54) is 0 Å². The third-order valence-corrected chi connectivity index (χ3v) is 4.12. The summed E-state index contributed by atoms with van der Waals surface area (Å²) in [5.74, 6) is 0.763. The maximum Gasteiger partial charge on any atom is 0.140 e. The Bertz CT molecular complexity index is 559. The zero-order valence-electron chi connectivity index (χ0n) is 11.2. The van der Waals surface area contributed by atoms with Crippen molar-refractivity contribution in [1.82, 2.24) is 0 Å². The molecule has 106 valence electrons. The van der Waals surface area contributed by atoms with E-state index in [1.807, 2.05) is 48.5 Å². The molecule has 2 rings (SSSR count). The number of rotatable bonds is 5. The minimum atomic E-state index is -0.197. The Balaban J connectivity index is 2.29. The summed E-state index contributed by atoms with van der Waals surface area (Å²) < 4.78 is 7.08. The molecule has 0 aromatic heterocycles. The van der Waals surface area contributed by atoms with Crippen molar-refractivity contribution < 1.29 is 4.74 Å². The van der Waals surface area contributed by atoms with Crippen LogP contribution in [0.25, 0.3) is 0 Å². The van der Waals surface area contributed by atoms with E-state index in [-0.39, 0.29) is 12.1 Å². The largest absolute Gasteiger partial charge is 0.484 e. The molecule has 0 bridgehead atoms. The zero-order chi connectivity index (χ0) is 14.5. The molecule has 0 aliphatic carbocycles. The molecule has 0 saturated heterocycles. The fourth-order valence-corrected chi connectivity index (χ4v) is 2.60. The average molecular weight is 355 g/mol. The quantitative estimate of drug-likeness (QED) is 0.823. The van der Waals surface area contributed by atoms with E-state index in [2.05, 4.69) is 22.9 Å². The van der Waals surface area contributed by atoms with Gasteiger partial charge in [0.2, 0.25) is 0 Å². The van der Waals surface area contributed by atoms with Crippen LogP contribution in [0.15, 0.2) is 53.0 Å². The standard InChI is InChI=1S/C16H17BrClNO/c1-2-15(19)16(13-5-3-4-6-14(13)17)20-12-9-7-11(18)8-10-12/h3-10,15-16H,2,19H2,1H3. The number of benzene rings is 2. The second-order valence-electron chi connectivity index (χ2n) is 4.59. The number of nitrogens with two attached hydrogens (primary N) is 1. The van der Waals surface area contributed by atoms with E-state index in [0.717, 1.165) is 22.2 Å². The second kappa shape index (κ2) is 7.11. The van der Waals surface area contributed by atoms with Crippen LogP contribution < -0.4 is 10.5 Å². The predicted octanol–water partition coefficient (Wildman–Crippen LogP) is 4.96. The van der Waals surface area contributed by atoms with Crippen LogP contribution in [0.3, 0.4) is 0 Å². The van der Waals surface area contributed by atoms with Gasteiger partial charge in [-0.3, -0.25) is 0 Å². The molecule has 0 heterocycles. The van der Waals surface area contributed by atoms with E-state index in [9.17, 15) is 0 Å². The van der Waals surface area contributed by atoms with Gasteiger partial charge >= 0.3 is 0 Å². The van der Waals surface area contributed by atoms with Crippen LogP contribution in [0, 0.1) is 0 Å². The lowest BCUT2D eigenvalue weighted by molar-refractivity contribution is 0.170. The molecule has 4 heteroatoms. The van der Waals surface area contributed by atoms with Gasteiger partial charge in [-0.1, -0.05) is 52.7 Å². The molecule has 0 radical (unpaired) electrons. The highest BCUT2D eigenvalue weighted by Gasteiger charge is 2.22. The van der Waals surface area contributed by atoms with Crippen LogP contribution in [-0.2, 0) is 0 Å². The first-order valence-corrected chi connectivity index (χ1v) is 7.71. The molecule has 2 nitrogen and oxygen atoms in total. The van der Waals surface area contributed by atoms with Gasteiger partial charge < -0.3 is 10.5 Å². The van der Waals surface area contributed by atoms with Crippen molar-refractivity contribution in [2.75, 3.05) is 0 Å². The Morgan fingerprint density at radius 1 is 1.15 bits per heavy atom. The van der Waals surface area contributed by atoms with Gasteiger partial charge in [0, 0.05) is 21.1 Å². The van der Waals surface area contributed by atoms with Crippen molar-refractivity contribution in [3.05, 3.63) is 63.6 Å². The molecule has 0 spiro atoms. The van der Waals surface area contributed by atoms with Gasteiger partial charge in [0.1, 0.15) is 11.9 Å². The van der Waals surface area contributed by atoms with Gasteiger partial charge in [0.15, 0.2) is 0 Å². The third kappa shape index (κ3) is 3.75. The fraction of sp³-hybridized carbons (Fsp3) is 0.250. The highest BCUT2D eigenvalue weighted by Crippen LogP contribution is 2.31. The van der Waals surface area contributed by atoms with Crippen molar-refractivity contribution in [2.24, 2.45) is 5.73 Å². The predicted molar refractivity (Wildman–Crippen MR) is 87.2 cm³/mol. The molecular weight excluding hydrogens is 338 g/mol. The monoisotopic (exact) mass is 353 g/mol. The molecule has 2 unspecified atom stereocenters. The topological polar surface area (TPSA) is 35.2 Å². The zero-order valence-corrected chi connectivity index (χ0v) is 13.6. The van der Waals surface area contributed by atoms with Gasteiger partial charge in [-0.05, 0) is 36.8 Å². The summed E-state index contributed by atoms with van der Waals surface area (Å²) in [5, 5.41) is 0.689. The van der Waals surface area contributed by atoms with Crippen molar-refractivity contribution in [2.45, 2.75) is 25.5 Å². The van der Waals surface area contributed by atoms with Crippen LogP contribution in [0.5, 0.6) is 5.75 Å². The number of halogens is 2. The number of hydrogen-bond donors (Lipinski definition) is 1. The Labute approximate surface area is 133 Å². The highest BCUT2D eigenvalue weighted by molar-refractivity contribution is 9.10. The second-order valence-corrected chi connectivity index (χ2v) is 5.88. The van der Waals surface area contributed by atoms with Crippen molar-refractivity contribution in [3.63, 3.8) is 0 Å². The molecular formula is C16H17BrClNO. The van der Waals surface area contributed by atoms with Gasteiger partial charge in [0.25, 0.3) is 0 Å². The molecule has 2 atom stereocenters. The first-order chi connectivity index (χ1) is 9.61. The summed E-state index contributed by atoms with van der Waals surface area (Å²) in [6.07, 6.45) is 0.635. The van der Waals surface area contributed by atoms with E-state index in [4.69, 9.17) is 22.1 Å². The number of ether oxygens (including phenoxy) is 1. The smallest absolute Gasteiger partial charge is 0.140 e. The minimum absolute atomic E-state index is 0.0793. The van der Waals surface area contributed by atoms with Gasteiger partial charge in [-0.15, -0.1) is 0 Å². The van der Waals surface area contributed by atoms with E-state index < -0.39 is 0 Å². The summed E-state index contributed by atoms with van der Waals surface area (Å²) in [6, 6.07) is 15.2. The molecule has 20 heavy (non-hydrogen) atoms. The van der Waals surface area contributed by atoms with Crippen LogP contribution in [0.2, 0.25) is 5.02 Å². The Morgan fingerprint density at radius 2 is 1.80 bits per heavy atom. The minimum Gasteiger partial charge on any atom is -0.484 e. The average Bonchev–Trinajstić information content (AvgIpc) is 2.47. The van der Waals surface area contributed by atoms with E-state index >= 15 is 0 Å². The van der Waals surface area contributed by atoms with Crippen molar-refractivity contribution in [1.29, 1.82) is 0 Å².